The summed E-state index contributed by atoms with van der Waals surface area (Å²) in [5.41, 5.74) is 2.22. The summed E-state index contributed by atoms with van der Waals surface area (Å²) in [4.78, 5) is 4.20. The Bertz CT molecular complexity index is 1300. The number of nitrogens with one attached hydrogen (secondary N) is 1. The van der Waals surface area contributed by atoms with Crippen LogP contribution in [0, 0.1) is 19.7 Å². The molecule has 0 unspecified atom stereocenters. The van der Waals surface area contributed by atoms with Gasteiger partial charge in [-0.25, -0.2) is 17.8 Å². The van der Waals surface area contributed by atoms with Gasteiger partial charge in [0.05, 0.1) is 10.6 Å². The van der Waals surface area contributed by atoms with Crippen LogP contribution in [0.3, 0.4) is 0 Å². The van der Waals surface area contributed by atoms with Crippen LogP contribution in [0.4, 0.5) is 10.1 Å². The molecule has 0 spiro atoms. The van der Waals surface area contributed by atoms with Crippen LogP contribution < -0.4 is 9.46 Å². The normalized spacial score (nSPS) is 11.3. The Labute approximate surface area is 178 Å². The smallest absolute Gasteiger partial charge is 0.261 e. The minimum absolute atomic E-state index is 0.0343. The lowest BCUT2D eigenvalue weighted by molar-refractivity contribution is 0.454. The van der Waals surface area contributed by atoms with Gasteiger partial charge in [0, 0.05) is 17.4 Å². The minimum Gasteiger partial charge on any atom is -0.438 e. The second-order valence-corrected chi connectivity index (χ2v) is 8.38. The molecule has 0 aliphatic carbocycles. The predicted molar refractivity (Wildman–Crippen MR) is 112 cm³/mol. The summed E-state index contributed by atoms with van der Waals surface area (Å²) in [5, 5.41) is 8.22. The molecule has 4 aromatic rings. The molecule has 10 heteroatoms. The number of hydrogen-bond donors (Lipinski definition) is 1. The molecule has 2 heterocycles. The summed E-state index contributed by atoms with van der Waals surface area (Å²) in [6.45, 7) is 3.86. The maximum absolute atomic E-state index is 13.0. The minimum atomic E-state index is -3.82. The van der Waals surface area contributed by atoms with Crippen molar-refractivity contribution in [3.8, 4) is 17.4 Å². The lowest BCUT2D eigenvalue weighted by Crippen LogP contribution is -2.12. The summed E-state index contributed by atoms with van der Waals surface area (Å²) in [6.07, 6.45) is 1.68. The monoisotopic (exact) mass is 439 g/mol. The lowest BCUT2D eigenvalue weighted by Gasteiger charge is -2.09. The number of aromatic nitrogens is 4. The van der Waals surface area contributed by atoms with E-state index in [0.29, 0.717) is 17.3 Å². The number of nitrogens with zero attached hydrogens (tertiary/aromatic N) is 4. The number of benzene rings is 2. The highest BCUT2D eigenvalue weighted by molar-refractivity contribution is 7.92. The number of hydrogen-bond acceptors (Lipinski definition) is 6. The summed E-state index contributed by atoms with van der Waals surface area (Å²) in [7, 11) is -3.82. The molecule has 1 N–H and O–H groups in total. The van der Waals surface area contributed by atoms with E-state index in [-0.39, 0.29) is 10.8 Å². The molecule has 0 radical (unpaired) electrons. The first-order chi connectivity index (χ1) is 14.8. The van der Waals surface area contributed by atoms with Crippen LogP contribution in [0.2, 0.25) is 0 Å². The van der Waals surface area contributed by atoms with Crippen LogP contribution in [0.5, 0.6) is 11.6 Å². The van der Waals surface area contributed by atoms with E-state index < -0.39 is 15.8 Å². The van der Waals surface area contributed by atoms with Gasteiger partial charge in [0.15, 0.2) is 5.82 Å². The van der Waals surface area contributed by atoms with Crippen LogP contribution in [0.1, 0.15) is 11.4 Å². The largest absolute Gasteiger partial charge is 0.438 e. The van der Waals surface area contributed by atoms with Gasteiger partial charge in [0.1, 0.15) is 17.9 Å². The quantitative estimate of drug-likeness (QED) is 0.487. The molecule has 0 amide bonds. The van der Waals surface area contributed by atoms with Gasteiger partial charge in [-0.3, -0.25) is 9.29 Å². The second-order valence-electron chi connectivity index (χ2n) is 6.70. The second kappa shape index (κ2) is 8.15. The molecule has 0 aliphatic rings. The third-order valence-electron chi connectivity index (χ3n) is 4.58. The Morgan fingerprint density at radius 1 is 0.935 bits per heavy atom. The Kier molecular flexibility index (Phi) is 5.38. The zero-order chi connectivity index (χ0) is 22.0. The number of rotatable bonds is 6. The zero-order valence-electron chi connectivity index (χ0n) is 16.7. The summed E-state index contributed by atoms with van der Waals surface area (Å²) in [5.74, 6) is 0.863. The molecular weight excluding hydrogens is 421 g/mol. The molecule has 4 rings (SSSR count). The fourth-order valence-electron chi connectivity index (χ4n) is 2.77. The summed E-state index contributed by atoms with van der Waals surface area (Å²) < 4.78 is 47.7. The average molecular weight is 439 g/mol. The van der Waals surface area contributed by atoms with Crippen molar-refractivity contribution in [1.82, 2.24) is 19.7 Å². The van der Waals surface area contributed by atoms with E-state index in [4.69, 9.17) is 4.74 Å². The Balaban J connectivity index is 1.44. The van der Waals surface area contributed by atoms with Crippen molar-refractivity contribution in [1.29, 1.82) is 0 Å². The van der Waals surface area contributed by atoms with E-state index in [1.165, 1.54) is 12.1 Å². The molecule has 8 nitrogen and oxygen atoms in total. The standard InChI is InChI=1S/C21H18FN5O3S/c1-14-15(2)27(13-23-14)20-11-12-21(25-24-20)30-18-7-5-17(6-8-18)26-31(28,29)19-9-3-16(22)4-10-19/h3-13,26H,1-2H3. The number of halogens is 1. The first kappa shape index (κ1) is 20.5. The van der Waals surface area contributed by atoms with E-state index in [2.05, 4.69) is 19.9 Å². The number of ether oxygens (including phenoxy) is 1. The summed E-state index contributed by atoms with van der Waals surface area (Å²) >= 11 is 0. The fourth-order valence-corrected chi connectivity index (χ4v) is 3.82. The maximum Gasteiger partial charge on any atom is 0.261 e. The number of imidazole rings is 1. The molecule has 2 aromatic carbocycles. The number of anilines is 1. The molecule has 0 fully saturated rings. The SMILES string of the molecule is Cc1ncn(-c2ccc(Oc3ccc(NS(=O)(=O)c4ccc(F)cc4)cc3)nn2)c1C. The maximum atomic E-state index is 13.0. The number of sulfonamides is 1. The van der Waals surface area contributed by atoms with Crippen molar-refractivity contribution in [2.45, 2.75) is 18.7 Å². The van der Waals surface area contributed by atoms with Gasteiger partial charge in [-0.15, -0.1) is 10.2 Å². The Hall–Kier alpha value is -3.79. The average Bonchev–Trinajstić information content (AvgIpc) is 3.09. The van der Waals surface area contributed by atoms with Gasteiger partial charge in [0.25, 0.3) is 10.0 Å². The van der Waals surface area contributed by atoms with Gasteiger partial charge in [0.2, 0.25) is 5.88 Å². The molecule has 31 heavy (non-hydrogen) atoms. The van der Waals surface area contributed by atoms with Crippen molar-refractivity contribution < 1.29 is 17.5 Å². The van der Waals surface area contributed by atoms with E-state index >= 15 is 0 Å². The van der Waals surface area contributed by atoms with E-state index in [9.17, 15) is 12.8 Å². The van der Waals surface area contributed by atoms with Crippen molar-refractivity contribution in [3.05, 3.63) is 84.2 Å². The van der Waals surface area contributed by atoms with E-state index in [1.807, 2.05) is 18.4 Å². The molecule has 0 bridgehead atoms. The molecule has 0 atom stereocenters. The highest BCUT2D eigenvalue weighted by Crippen LogP contribution is 2.23. The van der Waals surface area contributed by atoms with Gasteiger partial charge in [-0.1, -0.05) is 0 Å². The number of aryl methyl sites for hydroxylation is 1. The van der Waals surface area contributed by atoms with E-state index in [1.54, 1.807) is 42.7 Å². The third kappa shape index (κ3) is 4.53. The van der Waals surface area contributed by atoms with Gasteiger partial charge < -0.3 is 4.74 Å². The van der Waals surface area contributed by atoms with E-state index in [0.717, 1.165) is 23.5 Å². The van der Waals surface area contributed by atoms with Crippen LogP contribution in [0.15, 0.2) is 71.9 Å². The molecule has 2 aromatic heterocycles. The molecule has 0 aliphatic heterocycles. The highest BCUT2D eigenvalue weighted by atomic mass is 32.2. The van der Waals surface area contributed by atoms with Crippen molar-refractivity contribution in [2.75, 3.05) is 4.72 Å². The van der Waals surface area contributed by atoms with Crippen molar-refractivity contribution >= 4 is 15.7 Å². The van der Waals surface area contributed by atoms with Gasteiger partial charge in [-0.2, -0.15) is 0 Å². The predicted octanol–water partition coefficient (Wildman–Crippen LogP) is 4.01. The topological polar surface area (TPSA) is 99.0 Å². The van der Waals surface area contributed by atoms with Crippen molar-refractivity contribution in [3.63, 3.8) is 0 Å². The Morgan fingerprint density at radius 3 is 2.23 bits per heavy atom. The Morgan fingerprint density at radius 2 is 1.65 bits per heavy atom. The molecule has 0 saturated heterocycles. The van der Waals surface area contributed by atoms with Crippen LogP contribution >= 0.6 is 0 Å². The first-order valence-corrected chi connectivity index (χ1v) is 10.7. The van der Waals surface area contributed by atoms with Crippen LogP contribution in [-0.2, 0) is 10.0 Å². The van der Waals surface area contributed by atoms with Gasteiger partial charge >= 0.3 is 0 Å². The van der Waals surface area contributed by atoms with Crippen LogP contribution in [-0.4, -0.2) is 28.2 Å². The zero-order valence-corrected chi connectivity index (χ0v) is 17.5. The first-order valence-electron chi connectivity index (χ1n) is 9.23. The summed E-state index contributed by atoms with van der Waals surface area (Å²) in [6, 6.07) is 14.3. The third-order valence-corrected chi connectivity index (χ3v) is 5.97. The lowest BCUT2D eigenvalue weighted by atomic mass is 10.3. The highest BCUT2D eigenvalue weighted by Gasteiger charge is 2.14. The fraction of sp³-hybridized carbons (Fsp3) is 0.0952. The molecule has 158 valence electrons. The van der Waals surface area contributed by atoms with Gasteiger partial charge in [-0.05, 0) is 68.4 Å². The van der Waals surface area contributed by atoms with Crippen molar-refractivity contribution in [2.24, 2.45) is 0 Å². The molecular formula is C21H18FN5O3S. The molecule has 0 saturated carbocycles. The van der Waals surface area contributed by atoms with Crippen LogP contribution in [0.25, 0.3) is 5.82 Å².